The van der Waals surface area contributed by atoms with Crippen molar-refractivity contribution in [3.8, 4) is 0 Å². The minimum atomic E-state index is -1.13. The van der Waals surface area contributed by atoms with E-state index in [0.29, 0.717) is 6.54 Å². The lowest BCUT2D eigenvalue weighted by atomic mass is 10.1. The summed E-state index contributed by atoms with van der Waals surface area (Å²) >= 11 is 0. The topological polar surface area (TPSA) is 84.0 Å². The number of benzene rings is 2. The average molecular weight is 394 g/mol. The standard InChI is InChI=1S/C22H22N2O5/c1-14-8-10-16(11-9-14)12-23(3)19(25)13-29-22(28)15(2)24-20(26)17-6-4-5-7-18(17)21(24)27/h4-11,15H,12-13H2,1-3H3/t15-/m1/s1. The van der Waals surface area contributed by atoms with Gasteiger partial charge in [-0.15, -0.1) is 0 Å². The Bertz CT molecular complexity index is 932. The molecule has 0 fully saturated rings. The molecule has 0 bridgehead atoms. The molecule has 2 aromatic rings. The lowest BCUT2D eigenvalue weighted by molar-refractivity contribution is -0.154. The summed E-state index contributed by atoms with van der Waals surface area (Å²) in [5, 5.41) is 0. The highest BCUT2D eigenvalue weighted by atomic mass is 16.5. The summed E-state index contributed by atoms with van der Waals surface area (Å²) in [5.41, 5.74) is 2.59. The van der Waals surface area contributed by atoms with Crippen molar-refractivity contribution in [2.45, 2.75) is 26.4 Å². The van der Waals surface area contributed by atoms with Crippen LogP contribution in [0.2, 0.25) is 0 Å². The van der Waals surface area contributed by atoms with E-state index < -0.39 is 30.4 Å². The largest absolute Gasteiger partial charge is 0.454 e. The van der Waals surface area contributed by atoms with Crippen LogP contribution in [0, 0.1) is 6.92 Å². The van der Waals surface area contributed by atoms with E-state index in [1.54, 1.807) is 19.2 Å². The first kappa shape index (κ1) is 20.3. The Morgan fingerprint density at radius 2 is 1.55 bits per heavy atom. The van der Waals surface area contributed by atoms with Crippen LogP contribution < -0.4 is 0 Å². The van der Waals surface area contributed by atoms with Gasteiger partial charge in [0.25, 0.3) is 17.7 Å². The van der Waals surface area contributed by atoms with Crippen molar-refractivity contribution >= 4 is 23.7 Å². The summed E-state index contributed by atoms with van der Waals surface area (Å²) in [6.07, 6.45) is 0. The average Bonchev–Trinajstić information content (AvgIpc) is 2.97. The Labute approximate surface area is 168 Å². The van der Waals surface area contributed by atoms with E-state index in [2.05, 4.69) is 0 Å². The minimum Gasteiger partial charge on any atom is -0.454 e. The number of hydrogen-bond donors (Lipinski definition) is 0. The molecule has 7 heteroatoms. The van der Waals surface area contributed by atoms with Gasteiger partial charge in [-0.3, -0.25) is 19.3 Å². The second-order valence-electron chi connectivity index (χ2n) is 7.04. The summed E-state index contributed by atoms with van der Waals surface area (Å²) in [4.78, 5) is 51.8. The van der Waals surface area contributed by atoms with Crippen LogP contribution in [0.4, 0.5) is 0 Å². The van der Waals surface area contributed by atoms with Crippen LogP contribution in [0.3, 0.4) is 0 Å². The molecule has 0 radical (unpaired) electrons. The fourth-order valence-electron chi connectivity index (χ4n) is 3.08. The van der Waals surface area contributed by atoms with Crippen LogP contribution in [0.5, 0.6) is 0 Å². The van der Waals surface area contributed by atoms with E-state index in [-0.39, 0.29) is 17.0 Å². The monoisotopic (exact) mass is 394 g/mol. The number of aryl methyl sites for hydroxylation is 1. The fourth-order valence-corrected chi connectivity index (χ4v) is 3.08. The SMILES string of the molecule is Cc1ccc(CN(C)C(=O)COC(=O)[C@@H](C)N2C(=O)c3ccccc3C2=O)cc1. The number of carbonyl (C=O) groups is 4. The Morgan fingerprint density at radius 1 is 1.00 bits per heavy atom. The molecule has 1 aliphatic rings. The summed E-state index contributed by atoms with van der Waals surface area (Å²) in [5.74, 6) is -2.28. The molecule has 0 saturated carbocycles. The quantitative estimate of drug-likeness (QED) is 0.554. The lowest BCUT2D eigenvalue weighted by Crippen LogP contribution is -2.44. The molecule has 2 aromatic carbocycles. The van der Waals surface area contributed by atoms with Gasteiger partial charge in [0.2, 0.25) is 0 Å². The van der Waals surface area contributed by atoms with Crippen molar-refractivity contribution in [2.75, 3.05) is 13.7 Å². The summed E-state index contributed by atoms with van der Waals surface area (Å²) in [6, 6.07) is 13.0. The molecule has 0 N–H and O–H groups in total. The van der Waals surface area contributed by atoms with Crippen molar-refractivity contribution in [2.24, 2.45) is 0 Å². The Hall–Kier alpha value is -3.48. The third kappa shape index (κ3) is 4.18. The number of carbonyl (C=O) groups excluding carboxylic acids is 4. The maximum atomic E-state index is 12.4. The van der Waals surface area contributed by atoms with E-state index in [1.165, 1.54) is 24.0 Å². The molecule has 1 heterocycles. The van der Waals surface area contributed by atoms with Gasteiger partial charge in [-0.25, -0.2) is 4.79 Å². The zero-order valence-electron chi connectivity index (χ0n) is 16.5. The number of fused-ring (bicyclic) bond motifs is 1. The summed E-state index contributed by atoms with van der Waals surface area (Å²) in [6.45, 7) is 3.30. The predicted octanol–water partition coefficient (Wildman–Crippen LogP) is 2.18. The first-order valence-corrected chi connectivity index (χ1v) is 9.22. The predicted molar refractivity (Wildman–Crippen MR) is 105 cm³/mol. The van der Waals surface area contributed by atoms with E-state index in [4.69, 9.17) is 4.74 Å². The molecule has 150 valence electrons. The molecule has 0 spiro atoms. The molecule has 0 aliphatic carbocycles. The highest BCUT2D eigenvalue weighted by Gasteiger charge is 2.41. The molecule has 0 aromatic heterocycles. The molecule has 0 saturated heterocycles. The number of ether oxygens (including phenoxy) is 1. The molecule has 1 atom stereocenters. The number of amides is 3. The van der Waals surface area contributed by atoms with Crippen molar-refractivity contribution < 1.29 is 23.9 Å². The van der Waals surface area contributed by atoms with Crippen LogP contribution in [-0.4, -0.2) is 53.2 Å². The Kier molecular flexibility index (Phi) is 5.77. The number of hydrogen-bond acceptors (Lipinski definition) is 5. The molecule has 3 amide bonds. The van der Waals surface area contributed by atoms with Gasteiger partial charge in [0.1, 0.15) is 6.04 Å². The fraction of sp³-hybridized carbons (Fsp3) is 0.273. The van der Waals surface area contributed by atoms with Crippen molar-refractivity contribution in [3.05, 3.63) is 70.8 Å². The van der Waals surface area contributed by atoms with Crippen LogP contribution in [0.15, 0.2) is 48.5 Å². The zero-order chi connectivity index (χ0) is 21.1. The number of likely N-dealkylation sites (N-methyl/N-ethyl adjacent to an activating group) is 1. The van der Waals surface area contributed by atoms with Gasteiger partial charge in [0.05, 0.1) is 11.1 Å². The van der Waals surface area contributed by atoms with Crippen LogP contribution in [0.25, 0.3) is 0 Å². The summed E-state index contributed by atoms with van der Waals surface area (Å²) in [7, 11) is 1.61. The molecule has 29 heavy (non-hydrogen) atoms. The second kappa shape index (κ2) is 8.26. The van der Waals surface area contributed by atoms with E-state index in [1.807, 2.05) is 31.2 Å². The highest BCUT2D eigenvalue weighted by molar-refractivity contribution is 6.22. The molecule has 7 nitrogen and oxygen atoms in total. The Balaban J connectivity index is 1.56. The smallest absolute Gasteiger partial charge is 0.329 e. The first-order valence-electron chi connectivity index (χ1n) is 9.22. The van der Waals surface area contributed by atoms with E-state index >= 15 is 0 Å². The van der Waals surface area contributed by atoms with E-state index in [9.17, 15) is 19.2 Å². The van der Waals surface area contributed by atoms with Gasteiger partial charge >= 0.3 is 5.97 Å². The van der Waals surface area contributed by atoms with Crippen molar-refractivity contribution in [1.29, 1.82) is 0 Å². The number of esters is 1. The summed E-state index contributed by atoms with van der Waals surface area (Å²) < 4.78 is 5.08. The third-order valence-corrected chi connectivity index (χ3v) is 4.86. The van der Waals surface area contributed by atoms with E-state index in [0.717, 1.165) is 16.0 Å². The maximum absolute atomic E-state index is 12.4. The van der Waals surface area contributed by atoms with Gasteiger partial charge < -0.3 is 9.64 Å². The number of imide groups is 1. The van der Waals surface area contributed by atoms with Crippen molar-refractivity contribution in [3.63, 3.8) is 0 Å². The molecule has 1 aliphatic heterocycles. The van der Waals surface area contributed by atoms with Crippen LogP contribution in [-0.2, 0) is 20.9 Å². The van der Waals surface area contributed by atoms with Gasteiger partial charge in [0, 0.05) is 13.6 Å². The third-order valence-electron chi connectivity index (χ3n) is 4.86. The van der Waals surface area contributed by atoms with Gasteiger partial charge in [-0.2, -0.15) is 0 Å². The minimum absolute atomic E-state index is 0.256. The lowest BCUT2D eigenvalue weighted by Gasteiger charge is -2.22. The zero-order valence-corrected chi connectivity index (χ0v) is 16.5. The van der Waals surface area contributed by atoms with Crippen molar-refractivity contribution in [1.82, 2.24) is 9.80 Å². The van der Waals surface area contributed by atoms with Gasteiger partial charge in [-0.05, 0) is 31.5 Å². The molecular weight excluding hydrogens is 372 g/mol. The molecule has 0 unspecified atom stereocenters. The highest BCUT2D eigenvalue weighted by Crippen LogP contribution is 2.24. The van der Waals surface area contributed by atoms with Gasteiger partial charge in [0.15, 0.2) is 6.61 Å². The van der Waals surface area contributed by atoms with Crippen LogP contribution in [0.1, 0.15) is 38.8 Å². The molecule has 3 rings (SSSR count). The number of nitrogens with zero attached hydrogens (tertiary/aromatic N) is 2. The van der Waals surface area contributed by atoms with Gasteiger partial charge in [-0.1, -0.05) is 42.0 Å². The maximum Gasteiger partial charge on any atom is 0.329 e. The number of rotatable bonds is 6. The second-order valence-corrected chi connectivity index (χ2v) is 7.04. The first-order chi connectivity index (χ1) is 13.8. The Morgan fingerprint density at radius 3 is 2.10 bits per heavy atom. The normalized spacial score (nSPS) is 13.8. The molecular formula is C22H22N2O5. The van der Waals surface area contributed by atoms with Crippen LogP contribution >= 0.6 is 0 Å².